The topological polar surface area (TPSA) is 60.2 Å². The summed E-state index contributed by atoms with van der Waals surface area (Å²) in [4.78, 5) is 23.2. The van der Waals surface area contributed by atoms with Crippen molar-refractivity contribution < 1.29 is 9.53 Å². The molecule has 3 heterocycles. The zero-order valence-corrected chi connectivity index (χ0v) is 12.6. The van der Waals surface area contributed by atoms with Crippen LogP contribution in [0.25, 0.3) is 16.9 Å². The molecule has 1 saturated heterocycles. The van der Waals surface area contributed by atoms with Crippen molar-refractivity contribution in [1.82, 2.24) is 19.4 Å². The Kier molecular flexibility index (Phi) is 3.51. The van der Waals surface area contributed by atoms with Crippen molar-refractivity contribution in [3.05, 3.63) is 54.5 Å². The normalized spacial score (nSPS) is 15.0. The molecule has 6 nitrogen and oxygen atoms in total. The van der Waals surface area contributed by atoms with Crippen LogP contribution in [0.15, 0.2) is 48.9 Å². The maximum Gasteiger partial charge on any atom is 0.254 e. The molecule has 0 radical (unpaired) electrons. The number of rotatable bonds is 2. The van der Waals surface area contributed by atoms with Gasteiger partial charge in [0.1, 0.15) is 11.8 Å². The van der Waals surface area contributed by atoms with Crippen LogP contribution in [-0.2, 0) is 4.74 Å². The van der Waals surface area contributed by atoms with E-state index in [9.17, 15) is 4.79 Å². The summed E-state index contributed by atoms with van der Waals surface area (Å²) >= 11 is 0. The number of ether oxygens (including phenoxy) is 1. The van der Waals surface area contributed by atoms with Crippen molar-refractivity contribution in [3.63, 3.8) is 0 Å². The Balaban J connectivity index is 1.70. The first-order valence-electron chi connectivity index (χ1n) is 7.58. The van der Waals surface area contributed by atoms with Crippen molar-refractivity contribution in [2.75, 3.05) is 26.3 Å². The average Bonchev–Trinajstić information content (AvgIpc) is 3.06. The van der Waals surface area contributed by atoms with Gasteiger partial charge in [-0.05, 0) is 30.3 Å². The molecule has 1 aliphatic heterocycles. The first-order valence-corrected chi connectivity index (χ1v) is 7.58. The number of carbonyl (C=O) groups is 1. The summed E-state index contributed by atoms with van der Waals surface area (Å²) in [6.07, 6.45) is 3.47. The highest BCUT2D eigenvalue weighted by Crippen LogP contribution is 2.18. The van der Waals surface area contributed by atoms with Crippen LogP contribution in [0.1, 0.15) is 10.4 Å². The minimum Gasteiger partial charge on any atom is -0.378 e. The van der Waals surface area contributed by atoms with Gasteiger partial charge in [0.2, 0.25) is 0 Å². The lowest BCUT2D eigenvalue weighted by molar-refractivity contribution is 0.0303. The van der Waals surface area contributed by atoms with Gasteiger partial charge in [0.25, 0.3) is 5.91 Å². The van der Waals surface area contributed by atoms with Crippen LogP contribution >= 0.6 is 0 Å². The first kappa shape index (κ1) is 13.9. The number of imidazole rings is 1. The van der Waals surface area contributed by atoms with Crippen LogP contribution in [0.3, 0.4) is 0 Å². The van der Waals surface area contributed by atoms with Crippen LogP contribution in [0.2, 0.25) is 0 Å². The fourth-order valence-corrected chi connectivity index (χ4v) is 2.78. The second-order valence-electron chi connectivity index (χ2n) is 5.42. The quantitative estimate of drug-likeness (QED) is 0.725. The van der Waals surface area contributed by atoms with E-state index in [4.69, 9.17) is 4.74 Å². The van der Waals surface area contributed by atoms with E-state index in [1.54, 1.807) is 12.5 Å². The second kappa shape index (κ2) is 5.81. The van der Waals surface area contributed by atoms with Gasteiger partial charge in [0, 0.05) is 30.5 Å². The van der Waals surface area contributed by atoms with Crippen LogP contribution in [0, 0.1) is 0 Å². The number of hydrogen-bond donors (Lipinski definition) is 0. The lowest BCUT2D eigenvalue weighted by Gasteiger charge is -2.27. The third kappa shape index (κ3) is 2.57. The summed E-state index contributed by atoms with van der Waals surface area (Å²) in [5.74, 6) is 0.0348. The smallest absolute Gasteiger partial charge is 0.254 e. The summed E-state index contributed by atoms with van der Waals surface area (Å²) < 4.78 is 7.20. The predicted molar refractivity (Wildman–Crippen MR) is 85.6 cm³/mol. The van der Waals surface area contributed by atoms with E-state index in [-0.39, 0.29) is 5.91 Å². The molecule has 1 aliphatic rings. The maximum absolute atomic E-state index is 12.6. The summed E-state index contributed by atoms with van der Waals surface area (Å²) in [6.45, 7) is 2.47. The largest absolute Gasteiger partial charge is 0.378 e. The molecule has 116 valence electrons. The minimum atomic E-state index is 0.0348. The average molecular weight is 308 g/mol. The molecule has 0 aliphatic carbocycles. The van der Waals surface area contributed by atoms with E-state index in [1.807, 2.05) is 45.9 Å². The van der Waals surface area contributed by atoms with E-state index < -0.39 is 0 Å². The van der Waals surface area contributed by atoms with Gasteiger partial charge in [0.05, 0.1) is 13.2 Å². The van der Waals surface area contributed by atoms with Gasteiger partial charge in [-0.15, -0.1) is 0 Å². The van der Waals surface area contributed by atoms with E-state index >= 15 is 0 Å². The van der Waals surface area contributed by atoms with E-state index in [1.165, 1.54) is 0 Å². The molecule has 1 amide bonds. The summed E-state index contributed by atoms with van der Waals surface area (Å²) in [5.41, 5.74) is 3.16. The summed E-state index contributed by atoms with van der Waals surface area (Å²) in [6, 6.07) is 11.3. The molecule has 1 fully saturated rings. The van der Waals surface area contributed by atoms with E-state index in [0.29, 0.717) is 31.9 Å². The number of amides is 1. The van der Waals surface area contributed by atoms with Crippen LogP contribution in [0.5, 0.6) is 0 Å². The maximum atomic E-state index is 12.6. The molecule has 0 N–H and O–H groups in total. The highest BCUT2D eigenvalue weighted by Gasteiger charge is 2.19. The molecule has 0 unspecified atom stereocenters. The number of hydrogen-bond acceptors (Lipinski definition) is 4. The Morgan fingerprint density at radius 3 is 2.83 bits per heavy atom. The van der Waals surface area contributed by atoms with E-state index in [0.717, 1.165) is 16.9 Å². The van der Waals surface area contributed by atoms with Crippen LogP contribution in [-0.4, -0.2) is 51.6 Å². The molecule has 1 aromatic carbocycles. The number of nitrogens with zero attached hydrogens (tertiary/aromatic N) is 4. The van der Waals surface area contributed by atoms with Crippen molar-refractivity contribution in [3.8, 4) is 5.69 Å². The molecule has 6 heteroatoms. The molecule has 3 aromatic rings. The van der Waals surface area contributed by atoms with Crippen molar-refractivity contribution in [2.24, 2.45) is 0 Å². The molecular weight excluding hydrogens is 292 g/mol. The monoisotopic (exact) mass is 308 g/mol. The molecule has 0 saturated carbocycles. The first-order chi connectivity index (χ1) is 11.3. The van der Waals surface area contributed by atoms with Crippen molar-refractivity contribution in [2.45, 2.75) is 0 Å². The van der Waals surface area contributed by atoms with Gasteiger partial charge in [0.15, 0.2) is 5.65 Å². The SMILES string of the molecule is O=C(c1cccc(-n2cnc3cccnc32)c1)N1CCOCC1. The van der Waals surface area contributed by atoms with Crippen LogP contribution < -0.4 is 0 Å². The zero-order valence-electron chi connectivity index (χ0n) is 12.6. The number of carbonyl (C=O) groups excluding carboxylic acids is 1. The van der Waals surface area contributed by atoms with Crippen LogP contribution in [0.4, 0.5) is 0 Å². The Hall–Kier alpha value is -2.73. The predicted octanol–water partition coefficient (Wildman–Crippen LogP) is 1.89. The van der Waals surface area contributed by atoms with Gasteiger partial charge in [-0.2, -0.15) is 0 Å². The molecule has 23 heavy (non-hydrogen) atoms. The molecule has 2 aromatic heterocycles. The minimum absolute atomic E-state index is 0.0348. The molecule has 0 bridgehead atoms. The number of aromatic nitrogens is 3. The second-order valence-corrected chi connectivity index (χ2v) is 5.42. The third-order valence-electron chi connectivity index (χ3n) is 3.98. The van der Waals surface area contributed by atoms with Gasteiger partial charge < -0.3 is 9.64 Å². The summed E-state index contributed by atoms with van der Waals surface area (Å²) in [7, 11) is 0. The highest BCUT2D eigenvalue weighted by atomic mass is 16.5. The van der Waals surface area contributed by atoms with Crippen molar-refractivity contribution >= 4 is 17.1 Å². The third-order valence-corrected chi connectivity index (χ3v) is 3.98. The summed E-state index contributed by atoms with van der Waals surface area (Å²) in [5, 5.41) is 0. The molecule has 0 atom stereocenters. The molecule has 0 spiro atoms. The zero-order chi connectivity index (χ0) is 15.6. The van der Waals surface area contributed by atoms with E-state index in [2.05, 4.69) is 9.97 Å². The fourth-order valence-electron chi connectivity index (χ4n) is 2.78. The number of benzene rings is 1. The highest BCUT2D eigenvalue weighted by molar-refractivity contribution is 5.95. The van der Waals surface area contributed by atoms with Gasteiger partial charge in [-0.25, -0.2) is 9.97 Å². The number of pyridine rings is 1. The molecule has 4 rings (SSSR count). The van der Waals surface area contributed by atoms with Gasteiger partial charge in [-0.3, -0.25) is 9.36 Å². The lowest BCUT2D eigenvalue weighted by Crippen LogP contribution is -2.40. The lowest BCUT2D eigenvalue weighted by atomic mass is 10.1. The standard InChI is InChI=1S/C17H16N4O2/c22-17(20-7-9-23-10-8-20)13-3-1-4-14(11-13)21-12-19-15-5-2-6-18-16(15)21/h1-6,11-12H,7-10H2. The van der Waals surface area contributed by atoms with Crippen molar-refractivity contribution in [1.29, 1.82) is 0 Å². The van der Waals surface area contributed by atoms with Gasteiger partial charge >= 0.3 is 0 Å². The van der Waals surface area contributed by atoms with Gasteiger partial charge in [-0.1, -0.05) is 6.07 Å². The Morgan fingerprint density at radius 2 is 1.96 bits per heavy atom. The fraction of sp³-hybridized carbons (Fsp3) is 0.235. The Morgan fingerprint density at radius 1 is 1.09 bits per heavy atom. The number of fused-ring (bicyclic) bond motifs is 1. The Bertz CT molecular complexity index is 852. The Labute approximate surface area is 133 Å². The molecular formula is C17H16N4O2. The number of morpholine rings is 1.